The third-order valence-corrected chi connectivity index (χ3v) is 4.71. The van der Waals surface area contributed by atoms with Gasteiger partial charge in [-0.15, -0.1) is 0 Å². The summed E-state index contributed by atoms with van der Waals surface area (Å²) in [5.74, 6) is 0.0262. The molecular weight excluding hydrogens is 324 g/mol. The highest BCUT2D eigenvalue weighted by Crippen LogP contribution is 2.31. The molecule has 0 radical (unpaired) electrons. The number of hydrogen-bond acceptors (Lipinski definition) is 3. The zero-order valence-corrected chi connectivity index (χ0v) is 14.5. The lowest BCUT2D eigenvalue weighted by atomic mass is 10.1. The lowest BCUT2D eigenvalue weighted by Crippen LogP contribution is -2.33. The molecule has 1 amide bonds. The maximum absolute atomic E-state index is 12.2. The van der Waals surface area contributed by atoms with Gasteiger partial charge in [0.1, 0.15) is 6.61 Å². The number of halogens is 1. The number of amides is 1. The van der Waals surface area contributed by atoms with Gasteiger partial charge in [-0.3, -0.25) is 9.78 Å². The van der Waals surface area contributed by atoms with Gasteiger partial charge in [0.15, 0.2) is 0 Å². The molecule has 2 aromatic rings. The number of carbonyl (C=O) groups excluding carboxylic acids is 1. The molecule has 1 atom stereocenters. The molecule has 1 aliphatic rings. The topological polar surface area (TPSA) is 42.4 Å². The molecule has 1 aromatic heterocycles. The molecule has 1 saturated heterocycles. The zero-order chi connectivity index (χ0) is 16.9. The lowest BCUT2D eigenvalue weighted by Gasteiger charge is -2.24. The van der Waals surface area contributed by atoms with E-state index in [1.165, 1.54) is 0 Å². The van der Waals surface area contributed by atoms with Crippen molar-refractivity contribution in [2.75, 3.05) is 20.3 Å². The van der Waals surface area contributed by atoms with E-state index in [4.69, 9.17) is 21.3 Å². The Morgan fingerprint density at radius 2 is 2.12 bits per heavy atom. The standard InChI is InChI=1S/C19H21ClN2O2/c1-24-13-19(23)22-11-5-10-18(22)17-9-4-7-15(21-17)12-14-6-2-3-8-16(14)20/h2-4,6-9,18H,5,10-13H2,1H3. The van der Waals surface area contributed by atoms with Crippen LogP contribution in [0, 0.1) is 0 Å². The number of carbonyl (C=O) groups is 1. The van der Waals surface area contributed by atoms with E-state index >= 15 is 0 Å². The summed E-state index contributed by atoms with van der Waals surface area (Å²) in [6.45, 7) is 0.888. The number of benzene rings is 1. The summed E-state index contributed by atoms with van der Waals surface area (Å²) in [5.41, 5.74) is 2.97. The summed E-state index contributed by atoms with van der Waals surface area (Å²) in [7, 11) is 1.55. The van der Waals surface area contributed by atoms with Gasteiger partial charge in [0.05, 0.1) is 11.7 Å². The van der Waals surface area contributed by atoms with E-state index in [0.29, 0.717) is 6.42 Å². The monoisotopic (exact) mass is 344 g/mol. The van der Waals surface area contributed by atoms with E-state index in [9.17, 15) is 4.79 Å². The number of hydrogen-bond donors (Lipinski definition) is 0. The maximum Gasteiger partial charge on any atom is 0.249 e. The fourth-order valence-electron chi connectivity index (χ4n) is 3.20. The number of ether oxygens (including phenoxy) is 1. The van der Waals surface area contributed by atoms with Crippen LogP contribution in [0.2, 0.25) is 5.02 Å². The Hall–Kier alpha value is -1.91. The smallest absolute Gasteiger partial charge is 0.249 e. The molecule has 5 heteroatoms. The molecule has 126 valence electrons. The van der Waals surface area contributed by atoms with Crippen LogP contribution >= 0.6 is 11.6 Å². The molecule has 4 nitrogen and oxygen atoms in total. The predicted octanol–water partition coefficient (Wildman–Crippen LogP) is 3.64. The quantitative estimate of drug-likeness (QED) is 0.831. The van der Waals surface area contributed by atoms with E-state index in [1.54, 1.807) is 7.11 Å². The summed E-state index contributed by atoms with van der Waals surface area (Å²) < 4.78 is 4.99. The van der Waals surface area contributed by atoms with Crippen molar-refractivity contribution < 1.29 is 9.53 Å². The van der Waals surface area contributed by atoms with E-state index in [1.807, 2.05) is 47.4 Å². The van der Waals surface area contributed by atoms with Gasteiger partial charge >= 0.3 is 0 Å². The highest BCUT2D eigenvalue weighted by atomic mass is 35.5. The van der Waals surface area contributed by atoms with Crippen molar-refractivity contribution in [3.63, 3.8) is 0 Å². The first-order valence-corrected chi connectivity index (χ1v) is 8.54. The summed E-state index contributed by atoms with van der Waals surface area (Å²) >= 11 is 6.25. The molecular formula is C19H21ClN2O2. The third kappa shape index (κ3) is 3.77. The minimum Gasteiger partial charge on any atom is -0.375 e. The third-order valence-electron chi connectivity index (χ3n) is 4.34. The molecule has 0 saturated carbocycles. The molecule has 0 bridgehead atoms. The van der Waals surface area contributed by atoms with Gasteiger partial charge in [-0.2, -0.15) is 0 Å². The van der Waals surface area contributed by atoms with Gasteiger partial charge in [0.25, 0.3) is 0 Å². The molecule has 0 spiro atoms. The van der Waals surface area contributed by atoms with Crippen molar-refractivity contribution in [3.8, 4) is 0 Å². The number of nitrogens with zero attached hydrogens (tertiary/aromatic N) is 2. The van der Waals surface area contributed by atoms with Crippen LogP contribution in [0.4, 0.5) is 0 Å². The van der Waals surface area contributed by atoms with Crippen LogP contribution in [-0.2, 0) is 16.0 Å². The Morgan fingerprint density at radius 1 is 1.29 bits per heavy atom. The average molecular weight is 345 g/mol. The number of rotatable bonds is 5. The van der Waals surface area contributed by atoms with E-state index in [-0.39, 0.29) is 18.6 Å². The van der Waals surface area contributed by atoms with Crippen molar-refractivity contribution in [3.05, 3.63) is 64.4 Å². The first-order valence-electron chi connectivity index (χ1n) is 8.16. The van der Waals surface area contributed by atoms with Crippen LogP contribution in [0.25, 0.3) is 0 Å². The highest BCUT2D eigenvalue weighted by Gasteiger charge is 2.30. The van der Waals surface area contributed by atoms with Gasteiger partial charge in [0.2, 0.25) is 5.91 Å². The van der Waals surface area contributed by atoms with Crippen molar-refractivity contribution >= 4 is 17.5 Å². The fourth-order valence-corrected chi connectivity index (χ4v) is 3.40. The summed E-state index contributed by atoms with van der Waals surface area (Å²) in [6.07, 6.45) is 2.63. The van der Waals surface area contributed by atoms with E-state index < -0.39 is 0 Å². The molecule has 1 aromatic carbocycles. The Bertz CT molecular complexity index is 720. The fraction of sp³-hybridized carbons (Fsp3) is 0.368. The molecule has 0 N–H and O–H groups in total. The van der Waals surface area contributed by atoms with Crippen molar-refractivity contribution in [2.45, 2.75) is 25.3 Å². The van der Waals surface area contributed by atoms with Gasteiger partial charge in [0, 0.05) is 30.8 Å². The van der Waals surface area contributed by atoms with Crippen molar-refractivity contribution in [1.82, 2.24) is 9.88 Å². The van der Waals surface area contributed by atoms with Crippen LogP contribution < -0.4 is 0 Å². The Balaban J connectivity index is 1.80. The molecule has 3 rings (SSSR count). The normalized spacial score (nSPS) is 17.2. The molecule has 1 fully saturated rings. The number of methoxy groups -OCH3 is 1. The minimum absolute atomic E-state index is 0.0262. The maximum atomic E-state index is 12.2. The molecule has 1 unspecified atom stereocenters. The van der Waals surface area contributed by atoms with Crippen LogP contribution in [-0.4, -0.2) is 36.1 Å². The SMILES string of the molecule is COCC(=O)N1CCCC1c1cccc(Cc2ccccc2Cl)n1. The zero-order valence-electron chi connectivity index (χ0n) is 13.7. The van der Waals surface area contributed by atoms with Crippen LogP contribution in [0.5, 0.6) is 0 Å². The highest BCUT2D eigenvalue weighted by molar-refractivity contribution is 6.31. The average Bonchev–Trinajstić information content (AvgIpc) is 3.07. The van der Waals surface area contributed by atoms with Crippen LogP contribution in [0.3, 0.4) is 0 Å². The molecule has 2 heterocycles. The van der Waals surface area contributed by atoms with E-state index in [2.05, 4.69) is 0 Å². The summed E-state index contributed by atoms with van der Waals surface area (Å²) in [5, 5.41) is 0.752. The largest absolute Gasteiger partial charge is 0.375 e. The first-order chi connectivity index (χ1) is 11.7. The van der Waals surface area contributed by atoms with Gasteiger partial charge in [-0.25, -0.2) is 0 Å². The Kier molecular flexibility index (Phi) is 5.48. The number of pyridine rings is 1. The first kappa shape index (κ1) is 16.9. The second kappa shape index (κ2) is 7.77. The summed E-state index contributed by atoms with van der Waals surface area (Å²) in [6, 6.07) is 13.9. The van der Waals surface area contributed by atoms with Crippen LogP contribution in [0.15, 0.2) is 42.5 Å². The van der Waals surface area contributed by atoms with Gasteiger partial charge < -0.3 is 9.64 Å². The number of likely N-dealkylation sites (tertiary alicyclic amines) is 1. The number of aromatic nitrogens is 1. The second-order valence-corrected chi connectivity index (χ2v) is 6.41. The minimum atomic E-state index is 0.0262. The predicted molar refractivity (Wildman–Crippen MR) is 94.1 cm³/mol. The molecule has 24 heavy (non-hydrogen) atoms. The second-order valence-electron chi connectivity index (χ2n) is 6.00. The van der Waals surface area contributed by atoms with Gasteiger partial charge in [-0.1, -0.05) is 35.9 Å². The molecule has 1 aliphatic heterocycles. The van der Waals surface area contributed by atoms with Crippen molar-refractivity contribution in [1.29, 1.82) is 0 Å². The van der Waals surface area contributed by atoms with Gasteiger partial charge in [-0.05, 0) is 36.6 Å². The Labute approximate surface area is 147 Å². The molecule has 0 aliphatic carbocycles. The van der Waals surface area contributed by atoms with Crippen molar-refractivity contribution in [2.24, 2.45) is 0 Å². The lowest BCUT2D eigenvalue weighted by molar-refractivity contribution is -0.136. The summed E-state index contributed by atoms with van der Waals surface area (Å²) in [4.78, 5) is 18.9. The van der Waals surface area contributed by atoms with Crippen LogP contribution in [0.1, 0.15) is 35.8 Å². The van der Waals surface area contributed by atoms with E-state index in [0.717, 1.165) is 41.4 Å². The Morgan fingerprint density at radius 3 is 2.92 bits per heavy atom.